The van der Waals surface area contributed by atoms with E-state index < -0.39 is 0 Å². The topological polar surface area (TPSA) is 32.3 Å². The van der Waals surface area contributed by atoms with Gasteiger partial charge in [0.1, 0.15) is 0 Å². The molecule has 76 valence electrons. The summed E-state index contributed by atoms with van der Waals surface area (Å²) in [4.78, 5) is 10.5. The lowest BCUT2D eigenvalue weighted by Crippen LogP contribution is -2.63. The predicted molar refractivity (Wildman–Crippen MR) is 53.0 cm³/mol. The summed E-state index contributed by atoms with van der Waals surface area (Å²) >= 11 is 0. The molecule has 0 spiro atoms. The lowest BCUT2D eigenvalue weighted by molar-refractivity contribution is -0.127. The van der Waals surface area contributed by atoms with Crippen molar-refractivity contribution in [3.63, 3.8) is 0 Å². The molecule has 1 amide bonds. The molecule has 1 N–H and O–H groups in total. The maximum absolute atomic E-state index is 10.5. The van der Waals surface area contributed by atoms with Crippen LogP contribution in [-0.4, -0.2) is 22.5 Å². The number of piperidine rings is 1. The van der Waals surface area contributed by atoms with E-state index in [0.717, 1.165) is 19.3 Å². The average molecular weight is 184 g/mol. The van der Waals surface area contributed by atoms with Gasteiger partial charge in [-0.05, 0) is 47.0 Å². The highest BCUT2D eigenvalue weighted by Gasteiger charge is 2.41. The van der Waals surface area contributed by atoms with Gasteiger partial charge in [-0.25, -0.2) is 5.01 Å². The zero-order chi connectivity index (χ0) is 10.1. The van der Waals surface area contributed by atoms with Crippen molar-refractivity contribution in [1.29, 1.82) is 0 Å². The second-order valence-corrected chi connectivity index (χ2v) is 5.06. The van der Waals surface area contributed by atoms with Crippen molar-refractivity contribution in [2.75, 3.05) is 0 Å². The molecule has 0 aromatic heterocycles. The van der Waals surface area contributed by atoms with Crippen LogP contribution in [0.5, 0.6) is 0 Å². The SMILES string of the molecule is CC1(C)CCCC(C)(C)N1NC=O. The molecule has 0 radical (unpaired) electrons. The molecule has 0 saturated carbocycles. The second kappa shape index (κ2) is 3.29. The van der Waals surface area contributed by atoms with E-state index in [1.54, 1.807) is 0 Å². The highest BCUT2D eigenvalue weighted by Crippen LogP contribution is 2.35. The Labute approximate surface area is 80.5 Å². The molecule has 0 aromatic rings. The minimum absolute atomic E-state index is 0.0721. The molecule has 3 nitrogen and oxygen atoms in total. The Balaban J connectivity index is 2.83. The van der Waals surface area contributed by atoms with Gasteiger partial charge in [-0.2, -0.15) is 0 Å². The summed E-state index contributed by atoms with van der Waals surface area (Å²) in [6.45, 7) is 8.68. The van der Waals surface area contributed by atoms with Crippen molar-refractivity contribution in [2.24, 2.45) is 0 Å². The molecule has 1 aliphatic rings. The van der Waals surface area contributed by atoms with Gasteiger partial charge in [-0.15, -0.1) is 0 Å². The number of amides is 1. The van der Waals surface area contributed by atoms with E-state index in [1.807, 2.05) is 0 Å². The molecule has 3 heteroatoms. The molecule has 1 saturated heterocycles. The molecule has 0 unspecified atom stereocenters. The van der Waals surface area contributed by atoms with Crippen molar-refractivity contribution in [3.05, 3.63) is 0 Å². The summed E-state index contributed by atoms with van der Waals surface area (Å²) in [6.07, 6.45) is 4.28. The largest absolute Gasteiger partial charge is 0.291 e. The lowest BCUT2D eigenvalue weighted by Gasteiger charge is -2.51. The fourth-order valence-corrected chi connectivity index (χ4v) is 2.40. The number of hydrogen-bond donors (Lipinski definition) is 1. The summed E-state index contributed by atoms with van der Waals surface area (Å²) in [7, 11) is 0. The predicted octanol–water partition coefficient (Wildman–Crippen LogP) is 1.69. The van der Waals surface area contributed by atoms with Crippen LogP contribution in [0, 0.1) is 0 Å². The maximum atomic E-state index is 10.5. The number of hydrogen-bond acceptors (Lipinski definition) is 2. The summed E-state index contributed by atoms with van der Waals surface area (Å²) in [6, 6.07) is 0. The summed E-state index contributed by atoms with van der Waals surface area (Å²) < 4.78 is 0. The molecule has 1 aliphatic heterocycles. The average Bonchev–Trinajstić information content (AvgIpc) is 1.96. The monoisotopic (exact) mass is 184 g/mol. The third kappa shape index (κ3) is 2.02. The normalized spacial score (nSPS) is 26.8. The van der Waals surface area contributed by atoms with Crippen molar-refractivity contribution in [3.8, 4) is 0 Å². The van der Waals surface area contributed by atoms with Crippen LogP contribution in [0.25, 0.3) is 0 Å². The molecule has 0 atom stereocenters. The molecule has 13 heavy (non-hydrogen) atoms. The summed E-state index contributed by atoms with van der Waals surface area (Å²) in [5.41, 5.74) is 2.96. The van der Waals surface area contributed by atoms with Crippen LogP contribution in [-0.2, 0) is 4.79 Å². The number of nitrogens with zero attached hydrogens (tertiary/aromatic N) is 1. The van der Waals surface area contributed by atoms with E-state index in [2.05, 4.69) is 38.1 Å². The van der Waals surface area contributed by atoms with Crippen LogP contribution in [0.1, 0.15) is 47.0 Å². The summed E-state index contributed by atoms with van der Waals surface area (Å²) in [5, 5.41) is 2.08. The van der Waals surface area contributed by atoms with Crippen LogP contribution >= 0.6 is 0 Å². The Bertz CT molecular complexity index is 183. The number of hydrazine groups is 1. The van der Waals surface area contributed by atoms with Crippen LogP contribution < -0.4 is 5.43 Å². The zero-order valence-corrected chi connectivity index (χ0v) is 9.05. The Hall–Kier alpha value is -0.570. The first-order chi connectivity index (χ1) is 5.90. The van der Waals surface area contributed by atoms with E-state index in [1.165, 1.54) is 6.42 Å². The third-order valence-corrected chi connectivity index (χ3v) is 2.97. The minimum Gasteiger partial charge on any atom is -0.291 e. The Morgan fingerprint density at radius 2 is 1.62 bits per heavy atom. The van der Waals surface area contributed by atoms with E-state index in [-0.39, 0.29) is 11.1 Å². The molecule has 1 rings (SSSR count). The van der Waals surface area contributed by atoms with Gasteiger partial charge in [0.05, 0.1) is 0 Å². The van der Waals surface area contributed by atoms with Crippen LogP contribution in [0.2, 0.25) is 0 Å². The van der Waals surface area contributed by atoms with Gasteiger partial charge in [0.25, 0.3) is 0 Å². The maximum Gasteiger partial charge on any atom is 0.221 e. The molecule has 1 fully saturated rings. The first-order valence-electron chi connectivity index (χ1n) is 4.90. The van der Waals surface area contributed by atoms with Crippen molar-refractivity contribution in [1.82, 2.24) is 10.4 Å². The van der Waals surface area contributed by atoms with Crippen LogP contribution in [0.3, 0.4) is 0 Å². The molecule has 1 heterocycles. The van der Waals surface area contributed by atoms with Crippen LogP contribution in [0.15, 0.2) is 0 Å². The molecule has 0 aliphatic carbocycles. The number of carbonyl (C=O) groups excluding carboxylic acids is 1. The number of nitrogens with one attached hydrogen (secondary N) is 1. The molecule has 0 aromatic carbocycles. The first kappa shape index (κ1) is 10.5. The van der Waals surface area contributed by atoms with Crippen molar-refractivity contribution < 1.29 is 4.79 Å². The highest BCUT2D eigenvalue weighted by molar-refractivity contribution is 5.45. The van der Waals surface area contributed by atoms with Gasteiger partial charge in [0.2, 0.25) is 6.41 Å². The highest BCUT2D eigenvalue weighted by atomic mass is 16.1. The molecular formula is C10H20N2O. The third-order valence-electron chi connectivity index (χ3n) is 2.97. The van der Waals surface area contributed by atoms with Crippen molar-refractivity contribution >= 4 is 6.41 Å². The minimum atomic E-state index is 0.0721. The summed E-state index contributed by atoms with van der Waals surface area (Å²) in [5.74, 6) is 0. The number of carbonyl (C=O) groups is 1. The van der Waals surface area contributed by atoms with Gasteiger partial charge >= 0.3 is 0 Å². The first-order valence-corrected chi connectivity index (χ1v) is 4.90. The zero-order valence-electron chi connectivity index (χ0n) is 9.05. The van der Waals surface area contributed by atoms with Gasteiger partial charge in [-0.1, -0.05) is 0 Å². The second-order valence-electron chi connectivity index (χ2n) is 5.06. The fourth-order valence-electron chi connectivity index (χ4n) is 2.40. The van der Waals surface area contributed by atoms with Gasteiger partial charge in [0.15, 0.2) is 0 Å². The van der Waals surface area contributed by atoms with Gasteiger partial charge in [-0.3, -0.25) is 10.2 Å². The number of rotatable bonds is 2. The van der Waals surface area contributed by atoms with E-state index in [4.69, 9.17) is 0 Å². The van der Waals surface area contributed by atoms with E-state index >= 15 is 0 Å². The quantitative estimate of drug-likeness (QED) is 0.662. The smallest absolute Gasteiger partial charge is 0.221 e. The lowest BCUT2D eigenvalue weighted by atomic mass is 9.82. The fraction of sp³-hybridized carbons (Fsp3) is 0.900. The Morgan fingerprint density at radius 3 is 2.00 bits per heavy atom. The molecular weight excluding hydrogens is 164 g/mol. The van der Waals surface area contributed by atoms with E-state index in [0.29, 0.717) is 0 Å². The van der Waals surface area contributed by atoms with Crippen molar-refractivity contribution in [2.45, 2.75) is 58.0 Å². The van der Waals surface area contributed by atoms with Gasteiger partial charge < -0.3 is 0 Å². The standard InChI is InChI=1S/C10H20N2O/c1-9(2)6-5-7-10(3,4)12(9)11-8-13/h8H,5-7H2,1-4H3,(H,11,13). The molecule has 0 bridgehead atoms. The van der Waals surface area contributed by atoms with E-state index in [9.17, 15) is 4.79 Å². The Morgan fingerprint density at radius 1 is 1.15 bits per heavy atom. The Kier molecular flexibility index (Phi) is 2.66. The van der Waals surface area contributed by atoms with Crippen LogP contribution in [0.4, 0.5) is 0 Å². The van der Waals surface area contributed by atoms with Gasteiger partial charge in [0, 0.05) is 11.1 Å².